The van der Waals surface area contributed by atoms with E-state index in [9.17, 15) is 19.6 Å². The minimum absolute atomic E-state index is 0.0126. The van der Waals surface area contributed by atoms with Crippen molar-refractivity contribution < 1.29 is 23.9 Å². The van der Waals surface area contributed by atoms with Gasteiger partial charge in [-0.2, -0.15) is 10.5 Å². The zero-order valence-corrected chi connectivity index (χ0v) is 28.1. The van der Waals surface area contributed by atoms with Crippen LogP contribution >= 0.6 is 15.9 Å². The summed E-state index contributed by atoms with van der Waals surface area (Å²) in [6.45, 7) is 13.4. The summed E-state index contributed by atoms with van der Waals surface area (Å²) in [6.07, 6.45) is 2.18. The first-order valence-corrected chi connectivity index (χ1v) is 15.8. The lowest BCUT2D eigenvalue weighted by Gasteiger charge is -2.33. The number of Topliss-reactive ketones (excluding diaryl/α,β-unsaturated/α-hetero) is 1. The Kier molecular flexibility index (Phi) is 11.7. The number of hydrogen-bond donors (Lipinski definition) is 0. The van der Waals surface area contributed by atoms with E-state index in [2.05, 4.69) is 22.0 Å². The van der Waals surface area contributed by atoms with Gasteiger partial charge in [-0.15, -0.1) is 0 Å². The molecule has 10 nitrogen and oxygen atoms in total. The molecule has 2 aromatic rings. The van der Waals surface area contributed by atoms with Crippen molar-refractivity contribution >= 4 is 44.8 Å². The van der Waals surface area contributed by atoms with Gasteiger partial charge in [0.1, 0.15) is 23.1 Å². The van der Waals surface area contributed by atoms with Crippen molar-refractivity contribution in [3.05, 3.63) is 40.0 Å². The van der Waals surface area contributed by atoms with Gasteiger partial charge < -0.3 is 19.3 Å². The summed E-state index contributed by atoms with van der Waals surface area (Å²) in [5, 5.41) is 19.0. The summed E-state index contributed by atoms with van der Waals surface area (Å²) >= 11 is 3.47. The highest BCUT2D eigenvalue weighted by molar-refractivity contribution is 9.10. The molecule has 0 saturated carbocycles. The largest absolute Gasteiger partial charge is 0.444 e. The highest BCUT2D eigenvalue weighted by Crippen LogP contribution is 2.32. The van der Waals surface area contributed by atoms with Crippen LogP contribution in [-0.4, -0.2) is 70.1 Å². The number of ketones is 1. The van der Waals surface area contributed by atoms with Crippen LogP contribution in [0.4, 0.5) is 9.59 Å². The Morgan fingerprint density at radius 3 is 1.89 bits per heavy atom. The number of fused-ring (bicyclic) bond motifs is 1. The van der Waals surface area contributed by atoms with Gasteiger partial charge in [0, 0.05) is 47.9 Å². The highest BCUT2D eigenvalue weighted by Gasteiger charge is 2.30. The maximum atomic E-state index is 12.2. The zero-order chi connectivity index (χ0) is 32.7. The van der Waals surface area contributed by atoms with E-state index in [1.807, 2.05) is 71.9 Å². The summed E-state index contributed by atoms with van der Waals surface area (Å²) in [6, 6.07) is 11.9. The van der Waals surface area contributed by atoms with Crippen LogP contribution in [0.1, 0.15) is 90.8 Å². The normalized spacial score (nSPS) is 16.3. The number of pyridine rings is 1. The molecule has 4 rings (SSSR count). The van der Waals surface area contributed by atoms with Crippen LogP contribution in [0.15, 0.2) is 28.7 Å². The second-order valence-electron chi connectivity index (χ2n) is 13.2. The van der Waals surface area contributed by atoms with E-state index in [1.54, 1.807) is 9.80 Å². The number of likely N-dealkylation sites (tertiary alicyclic amines) is 2. The molecule has 2 aliphatic heterocycles. The summed E-state index contributed by atoms with van der Waals surface area (Å²) in [5.74, 6) is 0.0800. The number of amides is 2. The van der Waals surface area contributed by atoms with E-state index in [-0.39, 0.29) is 36.2 Å². The van der Waals surface area contributed by atoms with Gasteiger partial charge in [-0.05, 0) is 85.4 Å². The number of aromatic nitrogens is 1. The van der Waals surface area contributed by atoms with Gasteiger partial charge >= 0.3 is 12.2 Å². The number of nitriles is 2. The van der Waals surface area contributed by atoms with Crippen molar-refractivity contribution in [1.29, 1.82) is 10.5 Å². The SMILES string of the molecule is CC(C)(C)OC(=O)N1CCC(C(=O)CC#N)CC1.CC(C)(C)OC(=O)N1CCC(c2nc3cc(Br)ccc3cc2C#N)CC1. The van der Waals surface area contributed by atoms with Crippen molar-refractivity contribution in [2.45, 2.75) is 90.8 Å². The van der Waals surface area contributed by atoms with E-state index >= 15 is 0 Å². The van der Waals surface area contributed by atoms with Gasteiger partial charge in [0.25, 0.3) is 0 Å². The maximum absolute atomic E-state index is 12.2. The third-order valence-electron chi connectivity index (χ3n) is 7.32. The second-order valence-corrected chi connectivity index (χ2v) is 14.1. The fourth-order valence-corrected chi connectivity index (χ4v) is 5.50. The Bertz CT molecular complexity index is 1430. The highest BCUT2D eigenvalue weighted by atomic mass is 79.9. The molecule has 2 amide bonds. The lowest BCUT2D eigenvalue weighted by atomic mass is 9.90. The molecule has 44 heavy (non-hydrogen) atoms. The first kappa shape index (κ1) is 34.8. The topological polar surface area (TPSA) is 137 Å². The molecule has 236 valence electrons. The molecule has 0 spiro atoms. The van der Waals surface area contributed by atoms with Crippen molar-refractivity contribution in [3.8, 4) is 12.1 Å². The molecule has 2 fully saturated rings. The number of carbonyl (C=O) groups is 3. The molecule has 2 saturated heterocycles. The summed E-state index contributed by atoms with van der Waals surface area (Å²) in [7, 11) is 0. The van der Waals surface area contributed by atoms with Gasteiger partial charge in [0.2, 0.25) is 0 Å². The van der Waals surface area contributed by atoms with Gasteiger partial charge in [0.05, 0.1) is 29.3 Å². The number of ether oxygens (including phenoxy) is 2. The fraction of sp³-hybridized carbons (Fsp3) is 0.576. The Morgan fingerprint density at radius 1 is 0.886 bits per heavy atom. The first-order valence-electron chi connectivity index (χ1n) is 15.0. The standard InChI is InChI=1S/C20H22BrN3O2.C13H20N2O3/c1-20(2,3)26-19(25)24-8-6-13(7-9-24)18-15(12-22)10-14-4-5-16(21)11-17(14)23-18;1-13(2,3)18-12(17)15-8-5-10(6-9-15)11(16)4-7-14/h4-5,10-11,13H,6-9H2,1-3H3;10H,4-6,8-9H2,1-3H3. The Hall–Kier alpha value is -3.70. The molecule has 3 heterocycles. The van der Waals surface area contributed by atoms with Crippen LogP contribution in [0.25, 0.3) is 10.9 Å². The van der Waals surface area contributed by atoms with Gasteiger partial charge in [0.15, 0.2) is 0 Å². The van der Waals surface area contributed by atoms with Crippen LogP contribution in [-0.2, 0) is 14.3 Å². The number of halogens is 1. The molecule has 0 aliphatic carbocycles. The third kappa shape index (κ3) is 10.2. The number of carbonyl (C=O) groups excluding carboxylic acids is 3. The van der Waals surface area contributed by atoms with E-state index in [1.165, 1.54) is 0 Å². The van der Waals surface area contributed by atoms with Crippen LogP contribution < -0.4 is 0 Å². The van der Waals surface area contributed by atoms with Crippen molar-refractivity contribution in [3.63, 3.8) is 0 Å². The summed E-state index contributed by atoms with van der Waals surface area (Å²) in [5.41, 5.74) is 1.35. The third-order valence-corrected chi connectivity index (χ3v) is 7.81. The predicted molar refractivity (Wildman–Crippen MR) is 170 cm³/mol. The van der Waals surface area contributed by atoms with Crippen LogP contribution in [0.3, 0.4) is 0 Å². The fourth-order valence-electron chi connectivity index (χ4n) is 5.15. The zero-order valence-electron chi connectivity index (χ0n) is 26.5. The number of hydrogen-bond acceptors (Lipinski definition) is 8. The molecule has 1 aromatic carbocycles. The minimum atomic E-state index is -0.495. The number of benzene rings is 1. The van der Waals surface area contributed by atoms with Crippen molar-refractivity contribution in [2.24, 2.45) is 5.92 Å². The van der Waals surface area contributed by atoms with Crippen molar-refractivity contribution in [2.75, 3.05) is 26.2 Å². The molecule has 2 aliphatic rings. The van der Waals surface area contributed by atoms with E-state index in [0.29, 0.717) is 44.6 Å². The molecule has 0 radical (unpaired) electrons. The molecule has 0 bridgehead atoms. The van der Waals surface area contributed by atoms with Gasteiger partial charge in [-0.3, -0.25) is 9.78 Å². The molecule has 0 atom stereocenters. The Labute approximate surface area is 268 Å². The number of rotatable bonds is 3. The molecule has 0 unspecified atom stereocenters. The van der Waals surface area contributed by atoms with Gasteiger partial charge in [-0.25, -0.2) is 9.59 Å². The molecule has 0 N–H and O–H groups in total. The average molecular weight is 669 g/mol. The molecule has 1 aromatic heterocycles. The maximum Gasteiger partial charge on any atom is 0.410 e. The minimum Gasteiger partial charge on any atom is -0.444 e. The smallest absolute Gasteiger partial charge is 0.410 e. The predicted octanol–water partition coefficient (Wildman–Crippen LogP) is 7.10. The lowest BCUT2D eigenvalue weighted by Crippen LogP contribution is -2.42. The van der Waals surface area contributed by atoms with Crippen molar-refractivity contribution in [1.82, 2.24) is 14.8 Å². The lowest BCUT2D eigenvalue weighted by molar-refractivity contribution is -0.123. The molecular weight excluding hydrogens is 626 g/mol. The second kappa shape index (κ2) is 14.9. The van der Waals surface area contributed by atoms with E-state index < -0.39 is 11.2 Å². The molecule has 11 heteroatoms. The summed E-state index contributed by atoms with van der Waals surface area (Å²) < 4.78 is 11.7. The van der Waals surface area contributed by atoms with Crippen LogP contribution in [0.2, 0.25) is 0 Å². The van der Waals surface area contributed by atoms with Gasteiger partial charge in [-0.1, -0.05) is 22.0 Å². The Morgan fingerprint density at radius 2 is 1.41 bits per heavy atom. The quantitative estimate of drug-likeness (QED) is 0.338. The van der Waals surface area contributed by atoms with E-state index in [0.717, 1.165) is 33.9 Å². The van der Waals surface area contributed by atoms with Crippen LogP contribution in [0, 0.1) is 28.6 Å². The average Bonchev–Trinajstić information content (AvgIpc) is 2.95. The van der Waals surface area contributed by atoms with E-state index in [4.69, 9.17) is 19.7 Å². The summed E-state index contributed by atoms with van der Waals surface area (Å²) in [4.78, 5) is 43.7. The monoisotopic (exact) mass is 667 g/mol. The molecular formula is C33H42BrN5O5. The first-order chi connectivity index (χ1) is 20.6. The Balaban J connectivity index is 0.000000259. The number of piperidine rings is 2. The van der Waals surface area contributed by atoms with Crippen LogP contribution in [0.5, 0.6) is 0 Å². The number of nitrogens with zero attached hydrogens (tertiary/aromatic N) is 5.